The van der Waals surface area contributed by atoms with Gasteiger partial charge in [-0.15, -0.1) is 0 Å². The molecule has 0 spiro atoms. The lowest BCUT2D eigenvalue weighted by Gasteiger charge is -2.26. The molecule has 1 N–H and O–H groups in total. The minimum Gasteiger partial charge on any atom is -0.363 e. The van der Waals surface area contributed by atoms with Crippen LogP contribution in [0.15, 0.2) is 0 Å². The van der Waals surface area contributed by atoms with Crippen molar-refractivity contribution >= 4 is 18.6 Å². The number of nitrogens with one attached hydrogen (secondary N) is 1. The van der Waals surface area contributed by atoms with Gasteiger partial charge in [0.05, 0.1) is 0 Å². The fraction of sp³-hybridized carbons (Fsp3) is 1.00. The van der Waals surface area contributed by atoms with Crippen molar-refractivity contribution in [3.05, 3.63) is 0 Å². The maximum Gasteiger partial charge on any atom is 0.132 e. The summed E-state index contributed by atoms with van der Waals surface area (Å²) in [5.41, 5.74) is 0. The molecule has 0 rings (SSSR count). The molecule has 53 valence electrons. The van der Waals surface area contributed by atoms with Crippen molar-refractivity contribution < 1.29 is 0 Å². The third kappa shape index (κ3) is 2.23. The van der Waals surface area contributed by atoms with Crippen LogP contribution in [0.5, 0.6) is 0 Å². The van der Waals surface area contributed by atoms with Gasteiger partial charge < -0.3 is 4.65 Å². The molecule has 0 unspecified atom stereocenters. The molecule has 0 atom stereocenters. The molecule has 1 nitrogen and oxygen atoms in total. The van der Waals surface area contributed by atoms with Crippen molar-refractivity contribution in [3.8, 4) is 0 Å². The minimum atomic E-state index is -1.03. The highest BCUT2D eigenvalue weighted by molar-refractivity contribution is 6.80. The summed E-state index contributed by atoms with van der Waals surface area (Å²) in [6, 6.07) is 3.97. The Morgan fingerprint density at radius 3 is 1.44 bits per heavy atom. The van der Waals surface area contributed by atoms with E-state index in [1.807, 2.05) is 0 Å². The van der Waals surface area contributed by atoms with Gasteiger partial charge in [-0.2, -0.15) is 0 Å². The first-order valence-corrected chi connectivity index (χ1v) is 6.80. The molecule has 0 aliphatic carbocycles. The molecular formula is C6H16NSi2. The molecular weight excluding hydrogens is 142 g/mol. The second-order valence-electron chi connectivity index (χ2n) is 2.47. The third-order valence-electron chi connectivity index (χ3n) is 2.30. The van der Waals surface area contributed by atoms with Crippen LogP contribution in [0.3, 0.4) is 0 Å². The fourth-order valence-corrected chi connectivity index (χ4v) is 4.64. The predicted octanol–water partition coefficient (Wildman–Crippen LogP) is 1.66. The lowest BCUT2D eigenvalue weighted by Crippen LogP contribution is -2.47. The number of rotatable bonds is 4. The zero-order valence-electron chi connectivity index (χ0n) is 6.62. The van der Waals surface area contributed by atoms with Crippen molar-refractivity contribution in [1.29, 1.82) is 0 Å². The highest BCUT2D eigenvalue weighted by Gasteiger charge is 2.23. The van der Waals surface area contributed by atoms with Gasteiger partial charge >= 0.3 is 0 Å². The Balaban J connectivity index is 3.82. The second kappa shape index (κ2) is 4.25. The zero-order valence-corrected chi connectivity index (χ0v) is 8.62. The maximum atomic E-state index is 3.41. The normalized spacial score (nSPS) is 12.0. The van der Waals surface area contributed by atoms with Crippen LogP contribution in [0.25, 0.3) is 0 Å². The van der Waals surface area contributed by atoms with E-state index < -0.39 is 8.24 Å². The van der Waals surface area contributed by atoms with Crippen molar-refractivity contribution in [1.82, 2.24) is 4.65 Å². The van der Waals surface area contributed by atoms with Gasteiger partial charge in [0.15, 0.2) is 0 Å². The second-order valence-corrected chi connectivity index (χ2v) is 8.15. The largest absolute Gasteiger partial charge is 0.363 e. The molecule has 0 fully saturated rings. The molecule has 0 aliphatic heterocycles. The van der Waals surface area contributed by atoms with Gasteiger partial charge in [-0.25, -0.2) is 0 Å². The Bertz CT molecular complexity index is 53.9. The number of hydrogen-bond acceptors (Lipinski definition) is 1. The highest BCUT2D eigenvalue weighted by atomic mass is 28.4. The number of hydrogen-bond donors (Lipinski definition) is 1. The molecule has 0 aromatic rings. The Morgan fingerprint density at radius 2 is 1.44 bits per heavy atom. The summed E-state index contributed by atoms with van der Waals surface area (Å²) in [6.07, 6.45) is 0. The Labute approximate surface area is 62.8 Å². The van der Waals surface area contributed by atoms with E-state index in [2.05, 4.69) is 35.8 Å². The van der Waals surface area contributed by atoms with E-state index in [9.17, 15) is 0 Å². The summed E-state index contributed by atoms with van der Waals surface area (Å²) >= 11 is 0. The summed E-state index contributed by atoms with van der Waals surface area (Å²) in [5, 5.41) is 0. The van der Waals surface area contributed by atoms with E-state index in [1.54, 1.807) is 0 Å². The van der Waals surface area contributed by atoms with E-state index in [-0.39, 0.29) is 0 Å². The summed E-state index contributed by atoms with van der Waals surface area (Å²) in [7, 11) is 2.38. The average Bonchev–Trinajstić information content (AvgIpc) is 1.95. The Kier molecular flexibility index (Phi) is 4.43. The summed E-state index contributed by atoms with van der Waals surface area (Å²) in [6.45, 7) is 6.81. The van der Waals surface area contributed by atoms with Crippen LogP contribution >= 0.6 is 0 Å². The van der Waals surface area contributed by atoms with Gasteiger partial charge in [0.25, 0.3) is 0 Å². The van der Waals surface area contributed by atoms with Gasteiger partial charge in [0, 0.05) is 0 Å². The van der Waals surface area contributed by atoms with Crippen LogP contribution in [0, 0.1) is 0 Å². The predicted molar refractivity (Wildman–Crippen MR) is 46.1 cm³/mol. The van der Waals surface area contributed by atoms with Gasteiger partial charge in [-0.05, 0) is 18.1 Å². The quantitative estimate of drug-likeness (QED) is 0.614. The highest BCUT2D eigenvalue weighted by Crippen LogP contribution is 2.14. The van der Waals surface area contributed by atoms with Gasteiger partial charge in [0.1, 0.15) is 18.6 Å². The van der Waals surface area contributed by atoms with Gasteiger partial charge in [-0.1, -0.05) is 20.8 Å². The van der Waals surface area contributed by atoms with Crippen LogP contribution in [0.1, 0.15) is 20.8 Å². The molecule has 0 saturated heterocycles. The zero-order chi connectivity index (χ0) is 7.33. The van der Waals surface area contributed by atoms with Crippen LogP contribution in [-0.4, -0.2) is 18.6 Å². The standard InChI is InChI=1S/C6H16NSi2/c1-4-9(5-2,6-3)7-8/h7H,4-6H2,1-3H3. The molecule has 0 aromatic carbocycles. The van der Waals surface area contributed by atoms with Crippen LogP contribution < -0.4 is 4.65 Å². The summed E-state index contributed by atoms with van der Waals surface area (Å²) < 4.78 is 3.31. The topological polar surface area (TPSA) is 12.0 Å². The summed E-state index contributed by atoms with van der Waals surface area (Å²) in [5.74, 6) is 0. The Morgan fingerprint density at radius 1 is 1.11 bits per heavy atom. The molecule has 3 heteroatoms. The van der Waals surface area contributed by atoms with Gasteiger partial charge in [-0.3, -0.25) is 0 Å². The van der Waals surface area contributed by atoms with Crippen LogP contribution in [0.2, 0.25) is 18.1 Å². The van der Waals surface area contributed by atoms with E-state index >= 15 is 0 Å². The summed E-state index contributed by atoms with van der Waals surface area (Å²) in [4.78, 5) is 0. The molecule has 0 bridgehead atoms. The lowest BCUT2D eigenvalue weighted by atomic mass is 10.9. The average molecular weight is 158 g/mol. The molecule has 9 heavy (non-hydrogen) atoms. The van der Waals surface area contributed by atoms with Crippen molar-refractivity contribution in [3.63, 3.8) is 0 Å². The van der Waals surface area contributed by atoms with E-state index in [4.69, 9.17) is 0 Å². The molecule has 0 heterocycles. The minimum absolute atomic E-state index is 1.03. The van der Waals surface area contributed by atoms with E-state index in [1.165, 1.54) is 18.1 Å². The molecule has 3 radical (unpaired) electrons. The van der Waals surface area contributed by atoms with Gasteiger partial charge in [0.2, 0.25) is 0 Å². The third-order valence-corrected chi connectivity index (χ3v) is 8.48. The molecule has 0 aliphatic rings. The van der Waals surface area contributed by atoms with Crippen LogP contribution in [0.4, 0.5) is 0 Å². The van der Waals surface area contributed by atoms with Crippen LogP contribution in [-0.2, 0) is 0 Å². The van der Waals surface area contributed by atoms with Crippen molar-refractivity contribution in [2.75, 3.05) is 0 Å². The first-order valence-electron chi connectivity index (χ1n) is 3.68. The first kappa shape index (κ1) is 9.39. The molecule has 0 amide bonds. The Hall–Kier alpha value is 0.394. The molecule has 0 aromatic heterocycles. The van der Waals surface area contributed by atoms with E-state index in [0.29, 0.717) is 0 Å². The van der Waals surface area contributed by atoms with Crippen molar-refractivity contribution in [2.24, 2.45) is 0 Å². The lowest BCUT2D eigenvalue weighted by molar-refractivity contribution is 1.11. The maximum absolute atomic E-state index is 3.41. The smallest absolute Gasteiger partial charge is 0.132 e. The SMILES string of the molecule is CC[Si](CC)(CC)N[Si]. The monoisotopic (exact) mass is 158 g/mol. The van der Waals surface area contributed by atoms with Crippen molar-refractivity contribution in [2.45, 2.75) is 38.9 Å². The molecule has 0 saturated carbocycles. The fourth-order valence-electron chi connectivity index (χ4n) is 1.02. The van der Waals surface area contributed by atoms with E-state index in [0.717, 1.165) is 0 Å². The first-order chi connectivity index (χ1) is 4.24.